The first-order chi connectivity index (χ1) is 11.4. The van der Waals surface area contributed by atoms with Crippen LogP contribution in [-0.2, 0) is 6.18 Å². The van der Waals surface area contributed by atoms with Gasteiger partial charge in [-0.05, 0) is 25.1 Å². The minimum Gasteiger partial charge on any atom is -0.336 e. The molecule has 0 atom stereocenters. The second kappa shape index (κ2) is 8.51. The molecule has 0 aromatic heterocycles. The summed E-state index contributed by atoms with van der Waals surface area (Å²) >= 11 is 0. The number of hydrogen-bond acceptors (Lipinski definition) is 2. The normalized spacial score (nSPS) is 16.4. The van der Waals surface area contributed by atoms with Crippen molar-refractivity contribution in [2.24, 2.45) is 0 Å². The van der Waals surface area contributed by atoms with Crippen LogP contribution in [0.4, 0.5) is 13.2 Å². The van der Waals surface area contributed by atoms with Crippen LogP contribution in [0.25, 0.3) is 0 Å². The Morgan fingerprint density at radius 3 is 2.33 bits per heavy atom. The summed E-state index contributed by atoms with van der Waals surface area (Å²) in [5.41, 5.74) is -1.10. The lowest BCUT2D eigenvalue weighted by atomic mass is 10.1. The van der Waals surface area contributed by atoms with Crippen molar-refractivity contribution < 1.29 is 18.0 Å². The summed E-state index contributed by atoms with van der Waals surface area (Å²) in [5, 5.41) is 0. The third-order valence-corrected chi connectivity index (χ3v) is 4.45. The Bertz CT molecular complexity index is 537. The van der Waals surface area contributed by atoms with Crippen molar-refractivity contribution in [2.45, 2.75) is 38.8 Å². The molecule has 3 nitrogen and oxygen atoms in total. The molecule has 6 heteroatoms. The van der Waals surface area contributed by atoms with Gasteiger partial charge in [0.05, 0.1) is 11.1 Å². The Morgan fingerprint density at radius 2 is 1.71 bits per heavy atom. The average molecular weight is 342 g/mol. The summed E-state index contributed by atoms with van der Waals surface area (Å²) in [4.78, 5) is 16.3. The summed E-state index contributed by atoms with van der Waals surface area (Å²) in [6.45, 7) is 5.60. The molecule has 1 heterocycles. The fourth-order valence-corrected chi connectivity index (χ4v) is 3.02. The van der Waals surface area contributed by atoms with Gasteiger partial charge in [0.25, 0.3) is 5.91 Å². The highest BCUT2D eigenvalue weighted by Crippen LogP contribution is 2.32. The van der Waals surface area contributed by atoms with Crippen LogP contribution in [0.15, 0.2) is 24.3 Å². The van der Waals surface area contributed by atoms with E-state index in [2.05, 4.69) is 11.8 Å². The van der Waals surface area contributed by atoms with Crippen molar-refractivity contribution in [3.05, 3.63) is 35.4 Å². The number of benzene rings is 1. The Labute approximate surface area is 141 Å². The van der Waals surface area contributed by atoms with Crippen molar-refractivity contribution in [1.82, 2.24) is 9.80 Å². The summed E-state index contributed by atoms with van der Waals surface area (Å²) < 4.78 is 39.2. The zero-order valence-corrected chi connectivity index (χ0v) is 14.1. The van der Waals surface area contributed by atoms with E-state index < -0.39 is 17.6 Å². The van der Waals surface area contributed by atoms with Crippen LogP contribution >= 0.6 is 0 Å². The molecule has 2 rings (SSSR count). The number of rotatable bonds is 6. The molecule has 0 bridgehead atoms. The minimum absolute atomic E-state index is 0.249. The van der Waals surface area contributed by atoms with Gasteiger partial charge in [-0.25, -0.2) is 0 Å². The molecule has 1 aliphatic rings. The standard InChI is InChI=1S/C18H25F3N2O/c1-2-3-4-7-10-22-11-13-23(14-12-22)17(24)15-8-5-6-9-16(15)18(19,20)21/h5-6,8-9H,2-4,7,10-14H2,1H3. The number of hydrogen-bond donors (Lipinski definition) is 0. The van der Waals surface area contributed by atoms with Crippen molar-refractivity contribution in [3.8, 4) is 0 Å². The van der Waals surface area contributed by atoms with Gasteiger partial charge in [-0.2, -0.15) is 13.2 Å². The van der Waals surface area contributed by atoms with E-state index in [1.54, 1.807) is 0 Å². The van der Waals surface area contributed by atoms with Gasteiger partial charge in [-0.3, -0.25) is 9.69 Å². The smallest absolute Gasteiger partial charge is 0.336 e. The summed E-state index contributed by atoms with van der Waals surface area (Å²) in [6.07, 6.45) is 0.258. The first-order valence-electron chi connectivity index (χ1n) is 8.61. The third-order valence-electron chi connectivity index (χ3n) is 4.45. The first kappa shape index (κ1) is 18.8. The highest BCUT2D eigenvalue weighted by atomic mass is 19.4. The number of amides is 1. The average Bonchev–Trinajstić information content (AvgIpc) is 2.58. The SMILES string of the molecule is CCCCCCN1CCN(C(=O)c2ccccc2C(F)(F)F)CC1. The van der Waals surface area contributed by atoms with Crippen molar-refractivity contribution in [3.63, 3.8) is 0 Å². The highest BCUT2D eigenvalue weighted by Gasteiger charge is 2.36. The maximum absolute atomic E-state index is 13.1. The van der Waals surface area contributed by atoms with Crippen molar-refractivity contribution >= 4 is 5.91 Å². The second-order valence-corrected chi connectivity index (χ2v) is 6.24. The van der Waals surface area contributed by atoms with Gasteiger partial charge in [0.1, 0.15) is 0 Å². The van der Waals surface area contributed by atoms with Crippen molar-refractivity contribution in [2.75, 3.05) is 32.7 Å². The van der Waals surface area contributed by atoms with Crippen LogP contribution in [0.2, 0.25) is 0 Å². The summed E-state index contributed by atoms with van der Waals surface area (Å²) in [7, 11) is 0. The van der Waals surface area contributed by atoms with Crippen LogP contribution in [0.5, 0.6) is 0 Å². The fourth-order valence-electron chi connectivity index (χ4n) is 3.02. The Kier molecular flexibility index (Phi) is 6.66. The van der Waals surface area contributed by atoms with E-state index in [9.17, 15) is 18.0 Å². The van der Waals surface area contributed by atoms with Gasteiger partial charge in [0.2, 0.25) is 0 Å². The largest absolute Gasteiger partial charge is 0.417 e. The molecule has 1 fully saturated rings. The first-order valence-corrected chi connectivity index (χ1v) is 8.61. The Morgan fingerprint density at radius 1 is 1.04 bits per heavy atom. The highest BCUT2D eigenvalue weighted by molar-refractivity contribution is 5.96. The van der Waals surface area contributed by atoms with E-state index in [1.165, 1.54) is 42.4 Å². The number of carbonyl (C=O) groups is 1. The monoisotopic (exact) mass is 342 g/mol. The number of piperazine rings is 1. The van der Waals surface area contributed by atoms with Gasteiger partial charge in [-0.15, -0.1) is 0 Å². The number of unbranched alkanes of at least 4 members (excludes halogenated alkanes) is 3. The second-order valence-electron chi connectivity index (χ2n) is 6.24. The molecule has 0 aliphatic carbocycles. The molecular weight excluding hydrogens is 317 g/mol. The van der Waals surface area contributed by atoms with Crippen LogP contribution in [0.1, 0.15) is 48.5 Å². The lowest BCUT2D eigenvalue weighted by Gasteiger charge is -2.35. The van der Waals surface area contributed by atoms with E-state index in [0.717, 1.165) is 32.1 Å². The number of halogens is 3. The molecule has 0 saturated carbocycles. The maximum Gasteiger partial charge on any atom is 0.417 e. The molecular formula is C18H25F3N2O. The zero-order chi connectivity index (χ0) is 17.6. The van der Waals surface area contributed by atoms with Gasteiger partial charge in [0, 0.05) is 26.2 Å². The molecule has 0 N–H and O–H groups in total. The van der Waals surface area contributed by atoms with E-state index in [1.807, 2.05) is 0 Å². The van der Waals surface area contributed by atoms with Gasteiger partial charge >= 0.3 is 6.18 Å². The lowest BCUT2D eigenvalue weighted by Crippen LogP contribution is -2.49. The fraction of sp³-hybridized carbons (Fsp3) is 0.611. The van der Waals surface area contributed by atoms with E-state index in [4.69, 9.17) is 0 Å². The number of nitrogens with zero attached hydrogens (tertiary/aromatic N) is 2. The quantitative estimate of drug-likeness (QED) is 0.729. The molecule has 0 radical (unpaired) electrons. The molecule has 1 aromatic rings. The van der Waals surface area contributed by atoms with Crippen molar-refractivity contribution in [1.29, 1.82) is 0 Å². The topological polar surface area (TPSA) is 23.6 Å². The van der Waals surface area contributed by atoms with Crippen LogP contribution < -0.4 is 0 Å². The van der Waals surface area contributed by atoms with E-state index in [0.29, 0.717) is 13.1 Å². The lowest BCUT2D eigenvalue weighted by molar-refractivity contribution is -0.138. The van der Waals surface area contributed by atoms with E-state index in [-0.39, 0.29) is 5.56 Å². The van der Waals surface area contributed by atoms with Gasteiger partial charge < -0.3 is 4.90 Å². The molecule has 1 aliphatic heterocycles. The van der Waals surface area contributed by atoms with Crippen LogP contribution in [0, 0.1) is 0 Å². The molecule has 1 saturated heterocycles. The number of alkyl halides is 3. The third kappa shape index (κ3) is 4.97. The zero-order valence-electron chi connectivity index (χ0n) is 14.1. The van der Waals surface area contributed by atoms with Gasteiger partial charge in [0.15, 0.2) is 0 Å². The van der Waals surface area contributed by atoms with E-state index >= 15 is 0 Å². The summed E-state index contributed by atoms with van der Waals surface area (Å²) in [5.74, 6) is -0.520. The predicted octanol–water partition coefficient (Wildman–Crippen LogP) is 4.04. The van der Waals surface area contributed by atoms with Crippen LogP contribution in [0.3, 0.4) is 0 Å². The van der Waals surface area contributed by atoms with Gasteiger partial charge in [-0.1, -0.05) is 38.3 Å². The minimum atomic E-state index is -4.51. The molecule has 0 unspecified atom stereocenters. The predicted molar refractivity (Wildman–Crippen MR) is 87.9 cm³/mol. The summed E-state index contributed by atoms with van der Waals surface area (Å²) in [6, 6.07) is 5.03. The van der Waals surface area contributed by atoms with Crippen LogP contribution in [-0.4, -0.2) is 48.4 Å². The Balaban J connectivity index is 1.92. The molecule has 1 aromatic carbocycles. The number of carbonyl (C=O) groups excluding carboxylic acids is 1. The Hall–Kier alpha value is -1.56. The molecule has 0 spiro atoms. The molecule has 134 valence electrons. The molecule has 1 amide bonds. The molecule has 24 heavy (non-hydrogen) atoms. The maximum atomic E-state index is 13.1.